The molecule has 0 heterocycles. The van der Waals surface area contributed by atoms with Gasteiger partial charge < -0.3 is 14.2 Å². The minimum absolute atomic E-state index is 0.0661. The van der Waals surface area contributed by atoms with Gasteiger partial charge in [-0.05, 0) is 31.1 Å². The molecule has 0 aromatic carbocycles. The van der Waals surface area contributed by atoms with Crippen LogP contribution in [0, 0.1) is 11.8 Å². The van der Waals surface area contributed by atoms with Gasteiger partial charge in [0, 0.05) is 19.3 Å². The van der Waals surface area contributed by atoms with Crippen LogP contribution in [0.5, 0.6) is 0 Å². The summed E-state index contributed by atoms with van der Waals surface area (Å²) in [4.78, 5) is 37.6. The van der Waals surface area contributed by atoms with Crippen molar-refractivity contribution in [1.82, 2.24) is 0 Å². The molecule has 0 bridgehead atoms. The van der Waals surface area contributed by atoms with Gasteiger partial charge in [-0.25, -0.2) is 0 Å². The highest BCUT2D eigenvalue weighted by Gasteiger charge is 2.19. The van der Waals surface area contributed by atoms with E-state index in [1.807, 2.05) is 0 Å². The molecular weight excluding hydrogens is 636 g/mol. The Bertz CT molecular complexity index is 783. The van der Waals surface area contributed by atoms with Gasteiger partial charge >= 0.3 is 17.9 Å². The lowest BCUT2D eigenvalue weighted by atomic mass is 9.99. The van der Waals surface area contributed by atoms with E-state index in [1.54, 1.807) is 0 Å². The van der Waals surface area contributed by atoms with E-state index in [4.69, 9.17) is 14.2 Å². The molecule has 0 aromatic rings. The molecule has 0 saturated heterocycles. The van der Waals surface area contributed by atoms with Gasteiger partial charge in [-0.15, -0.1) is 0 Å². The van der Waals surface area contributed by atoms with Gasteiger partial charge in [0.2, 0.25) is 0 Å². The maximum absolute atomic E-state index is 12.7. The molecule has 0 aromatic heterocycles. The number of hydrogen-bond donors (Lipinski definition) is 0. The Balaban J connectivity index is 4.36. The predicted octanol–water partition coefficient (Wildman–Crippen LogP) is 13.8. The summed E-state index contributed by atoms with van der Waals surface area (Å²) >= 11 is 0. The SMILES string of the molecule is CCCCCCCCCCCCCC(=O)O[C@H](COC(=O)CCCCCCCCCCC(C)CC)COC(=O)CCCCCCCCC(C)CC. The topological polar surface area (TPSA) is 78.9 Å². The molecule has 0 aliphatic rings. The van der Waals surface area contributed by atoms with Crippen LogP contribution in [0.25, 0.3) is 0 Å². The standard InChI is InChI=1S/C45H86O6/c1-6-9-10-11-12-13-14-15-20-27-32-37-45(48)51-42(39-50-44(47)36-31-26-22-21-24-29-34-41(5)8-3)38-49-43(46)35-30-25-19-17-16-18-23-28-33-40(4)7-2/h40-42H,6-39H2,1-5H3/t40?,41?,42-/m1/s1. The largest absolute Gasteiger partial charge is 0.462 e. The first-order chi connectivity index (χ1) is 24.8. The lowest BCUT2D eigenvalue weighted by molar-refractivity contribution is -0.167. The maximum Gasteiger partial charge on any atom is 0.306 e. The maximum atomic E-state index is 12.7. The summed E-state index contributed by atoms with van der Waals surface area (Å²) < 4.78 is 16.7. The molecule has 0 N–H and O–H groups in total. The van der Waals surface area contributed by atoms with Crippen LogP contribution in [0.3, 0.4) is 0 Å². The Morgan fingerprint density at radius 2 is 0.686 bits per heavy atom. The van der Waals surface area contributed by atoms with Crippen molar-refractivity contribution in [3.05, 3.63) is 0 Å². The Labute approximate surface area is 317 Å². The molecular formula is C45H86O6. The van der Waals surface area contributed by atoms with Crippen molar-refractivity contribution >= 4 is 17.9 Å². The molecule has 0 spiro atoms. The summed E-state index contributed by atoms with van der Waals surface area (Å²) in [6.07, 6.45) is 35.1. The first-order valence-corrected chi connectivity index (χ1v) is 22.3. The lowest BCUT2D eigenvalue weighted by Crippen LogP contribution is -2.30. The molecule has 0 amide bonds. The van der Waals surface area contributed by atoms with Crippen molar-refractivity contribution in [3.63, 3.8) is 0 Å². The fourth-order valence-corrected chi connectivity index (χ4v) is 6.51. The van der Waals surface area contributed by atoms with Crippen LogP contribution in [-0.4, -0.2) is 37.2 Å². The Morgan fingerprint density at radius 1 is 0.392 bits per heavy atom. The van der Waals surface area contributed by atoms with E-state index < -0.39 is 6.10 Å². The van der Waals surface area contributed by atoms with E-state index in [9.17, 15) is 14.4 Å². The van der Waals surface area contributed by atoms with Crippen molar-refractivity contribution in [2.45, 2.75) is 246 Å². The average Bonchev–Trinajstić information content (AvgIpc) is 3.13. The number of carbonyl (C=O) groups is 3. The third kappa shape index (κ3) is 36.6. The number of rotatable bonds is 39. The van der Waals surface area contributed by atoms with E-state index in [0.717, 1.165) is 69.6 Å². The highest BCUT2D eigenvalue weighted by Crippen LogP contribution is 2.17. The fourth-order valence-electron chi connectivity index (χ4n) is 6.51. The lowest BCUT2D eigenvalue weighted by Gasteiger charge is -2.18. The number of ether oxygens (including phenoxy) is 3. The van der Waals surface area contributed by atoms with Crippen LogP contribution >= 0.6 is 0 Å². The summed E-state index contributed by atoms with van der Waals surface area (Å²) in [6, 6.07) is 0. The number of unbranched alkanes of at least 4 members (excludes halogenated alkanes) is 22. The Morgan fingerprint density at radius 3 is 1.02 bits per heavy atom. The van der Waals surface area contributed by atoms with Gasteiger partial charge in [-0.3, -0.25) is 14.4 Å². The molecule has 2 unspecified atom stereocenters. The zero-order chi connectivity index (χ0) is 37.6. The summed E-state index contributed by atoms with van der Waals surface area (Å²) in [7, 11) is 0. The van der Waals surface area contributed by atoms with Gasteiger partial charge in [-0.2, -0.15) is 0 Å². The van der Waals surface area contributed by atoms with Crippen LogP contribution in [0.4, 0.5) is 0 Å². The molecule has 302 valence electrons. The predicted molar refractivity (Wildman–Crippen MR) is 215 cm³/mol. The second-order valence-corrected chi connectivity index (χ2v) is 15.8. The molecule has 6 nitrogen and oxygen atoms in total. The van der Waals surface area contributed by atoms with Crippen molar-refractivity contribution in [2.75, 3.05) is 13.2 Å². The van der Waals surface area contributed by atoms with Crippen molar-refractivity contribution in [2.24, 2.45) is 11.8 Å². The number of hydrogen-bond acceptors (Lipinski definition) is 6. The number of esters is 3. The molecule has 51 heavy (non-hydrogen) atoms. The second-order valence-electron chi connectivity index (χ2n) is 15.8. The van der Waals surface area contributed by atoms with Crippen molar-refractivity contribution < 1.29 is 28.6 Å². The highest BCUT2D eigenvalue weighted by atomic mass is 16.6. The second kappa shape index (κ2) is 38.1. The van der Waals surface area contributed by atoms with Crippen LogP contribution in [-0.2, 0) is 28.6 Å². The van der Waals surface area contributed by atoms with Crippen LogP contribution in [0.2, 0.25) is 0 Å². The van der Waals surface area contributed by atoms with E-state index in [0.29, 0.717) is 19.3 Å². The summed E-state index contributed by atoms with van der Waals surface area (Å²) in [5.74, 6) is 0.799. The Hall–Kier alpha value is -1.59. The zero-order valence-corrected chi connectivity index (χ0v) is 34.7. The fraction of sp³-hybridized carbons (Fsp3) is 0.933. The molecule has 0 rings (SSSR count). The summed E-state index contributed by atoms with van der Waals surface area (Å²) in [5.41, 5.74) is 0. The first kappa shape index (κ1) is 49.4. The minimum atomic E-state index is -0.760. The summed E-state index contributed by atoms with van der Waals surface area (Å²) in [5, 5.41) is 0. The van der Waals surface area contributed by atoms with Crippen LogP contribution in [0.15, 0.2) is 0 Å². The smallest absolute Gasteiger partial charge is 0.306 e. The van der Waals surface area contributed by atoms with E-state index in [2.05, 4.69) is 34.6 Å². The van der Waals surface area contributed by atoms with Gasteiger partial charge in [0.1, 0.15) is 13.2 Å². The third-order valence-electron chi connectivity index (χ3n) is 10.7. The quantitative estimate of drug-likeness (QED) is 0.0357. The van der Waals surface area contributed by atoms with Crippen molar-refractivity contribution in [1.29, 1.82) is 0 Å². The monoisotopic (exact) mass is 723 g/mol. The average molecular weight is 723 g/mol. The van der Waals surface area contributed by atoms with Crippen LogP contribution in [0.1, 0.15) is 240 Å². The normalized spacial score (nSPS) is 13.1. The van der Waals surface area contributed by atoms with Gasteiger partial charge in [0.25, 0.3) is 0 Å². The van der Waals surface area contributed by atoms with E-state index in [1.165, 1.54) is 128 Å². The third-order valence-corrected chi connectivity index (χ3v) is 10.7. The minimum Gasteiger partial charge on any atom is -0.462 e. The molecule has 6 heteroatoms. The molecule has 0 fully saturated rings. The zero-order valence-electron chi connectivity index (χ0n) is 34.7. The van der Waals surface area contributed by atoms with E-state index >= 15 is 0 Å². The molecule has 0 aliphatic heterocycles. The van der Waals surface area contributed by atoms with E-state index in [-0.39, 0.29) is 31.1 Å². The summed E-state index contributed by atoms with van der Waals surface area (Å²) in [6.45, 7) is 11.3. The van der Waals surface area contributed by atoms with Gasteiger partial charge in [0.15, 0.2) is 6.10 Å². The van der Waals surface area contributed by atoms with Gasteiger partial charge in [0.05, 0.1) is 0 Å². The molecule has 0 radical (unpaired) electrons. The van der Waals surface area contributed by atoms with Crippen LogP contribution < -0.4 is 0 Å². The Kier molecular flexibility index (Phi) is 37.0. The molecule has 3 atom stereocenters. The molecule has 0 aliphatic carbocycles. The first-order valence-electron chi connectivity index (χ1n) is 22.3. The van der Waals surface area contributed by atoms with Gasteiger partial charge in [-0.1, -0.05) is 202 Å². The number of carbonyl (C=O) groups excluding carboxylic acids is 3. The molecule has 0 saturated carbocycles. The highest BCUT2D eigenvalue weighted by molar-refractivity contribution is 5.71. The van der Waals surface area contributed by atoms with Crippen molar-refractivity contribution in [3.8, 4) is 0 Å².